The van der Waals surface area contributed by atoms with Crippen LogP contribution in [0.3, 0.4) is 0 Å². The largest absolute Gasteiger partial charge is 0.507 e. The van der Waals surface area contributed by atoms with Gasteiger partial charge in [-0.15, -0.1) is 0 Å². The molecule has 42 heavy (non-hydrogen) atoms. The Hall–Kier alpha value is -2.14. The smallest absolute Gasteiger partial charge is 0.127 e. The average Bonchev–Trinajstić information content (AvgIpc) is 3.35. The number of hydrogen-bond acceptors (Lipinski definition) is 4. The highest BCUT2D eigenvalue weighted by Crippen LogP contribution is 2.49. The molecule has 3 aromatic rings. The van der Waals surface area contributed by atoms with E-state index in [-0.39, 0.29) is 10.9 Å². The van der Waals surface area contributed by atoms with Gasteiger partial charge in [-0.1, -0.05) is 78.7 Å². The normalized spacial score (nSPS) is 19.1. The number of nitrogens with one attached hydrogen (secondary N) is 1. The number of imidazole rings is 1. The molecule has 2 heterocycles. The number of phenols is 1. The first-order valence-corrected chi connectivity index (χ1v) is 17.1. The van der Waals surface area contributed by atoms with Crippen molar-refractivity contribution in [2.75, 3.05) is 0 Å². The number of ether oxygens (including phenoxy) is 1. The average molecular weight is 593 g/mol. The Kier molecular flexibility index (Phi) is 11.0. The lowest BCUT2D eigenvalue weighted by Gasteiger charge is -2.39. The lowest BCUT2D eigenvalue weighted by molar-refractivity contribution is 0.0511. The molecular formula is C37H56N2O2S. The van der Waals surface area contributed by atoms with E-state index in [4.69, 9.17) is 22.3 Å². The fraction of sp³-hybridized carbons (Fsp3) is 0.649. The molecular weight excluding hydrogens is 536 g/mol. The van der Waals surface area contributed by atoms with Crippen molar-refractivity contribution < 1.29 is 9.84 Å². The third-order valence-corrected chi connectivity index (χ3v) is 10.3. The van der Waals surface area contributed by atoms with Crippen LogP contribution in [0.25, 0.3) is 11.0 Å². The van der Waals surface area contributed by atoms with Gasteiger partial charge < -0.3 is 14.8 Å². The molecule has 232 valence electrons. The molecule has 4 unspecified atom stereocenters. The number of aryl methyl sites for hydroxylation is 1. The summed E-state index contributed by atoms with van der Waals surface area (Å²) < 4.78 is 6.86. The minimum atomic E-state index is -0.363. The number of aromatic hydroxyl groups is 1. The molecule has 0 fully saturated rings. The summed E-state index contributed by atoms with van der Waals surface area (Å²) in [5.74, 6) is 4.46. The van der Waals surface area contributed by atoms with Gasteiger partial charge in [0, 0.05) is 11.1 Å². The van der Waals surface area contributed by atoms with Crippen molar-refractivity contribution in [1.29, 1.82) is 0 Å². The second-order valence-corrected chi connectivity index (χ2v) is 14.8. The van der Waals surface area contributed by atoms with E-state index in [1.165, 1.54) is 56.9 Å². The zero-order valence-electron chi connectivity index (χ0n) is 27.6. The van der Waals surface area contributed by atoms with Crippen molar-refractivity contribution in [3.63, 3.8) is 0 Å². The monoisotopic (exact) mass is 592 g/mol. The molecule has 1 aromatic heterocycles. The zero-order valence-corrected chi connectivity index (χ0v) is 28.5. The van der Waals surface area contributed by atoms with E-state index in [9.17, 15) is 5.11 Å². The number of fused-ring (bicyclic) bond motifs is 2. The van der Waals surface area contributed by atoms with Gasteiger partial charge in [0.1, 0.15) is 22.9 Å². The van der Waals surface area contributed by atoms with Crippen LogP contribution >= 0.6 is 12.6 Å². The van der Waals surface area contributed by atoms with Crippen LogP contribution in [0.4, 0.5) is 0 Å². The van der Waals surface area contributed by atoms with Crippen LogP contribution in [0.15, 0.2) is 18.2 Å². The number of nitrogens with zero attached hydrogens (tertiary/aromatic N) is 1. The van der Waals surface area contributed by atoms with Gasteiger partial charge in [-0.25, -0.2) is 4.98 Å². The molecule has 0 saturated heterocycles. The highest BCUT2D eigenvalue weighted by atomic mass is 32.1. The molecule has 0 radical (unpaired) electrons. The van der Waals surface area contributed by atoms with E-state index in [0.29, 0.717) is 5.75 Å². The Morgan fingerprint density at radius 2 is 1.60 bits per heavy atom. The Bertz CT molecular complexity index is 1350. The van der Waals surface area contributed by atoms with Crippen molar-refractivity contribution in [3.8, 4) is 11.5 Å². The van der Waals surface area contributed by atoms with Gasteiger partial charge in [0.05, 0.1) is 16.3 Å². The van der Waals surface area contributed by atoms with Crippen LogP contribution in [0.2, 0.25) is 0 Å². The van der Waals surface area contributed by atoms with Crippen molar-refractivity contribution in [1.82, 2.24) is 9.97 Å². The van der Waals surface area contributed by atoms with Gasteiger partial charge >= 0.3 is 0 Å². The topological polar surface area (TPSA) is 58.1 Å². The van der Waals surface area contributed by atoms with Crippen LogP contribution in [0.1, 0.15) is 138 Å². The molecule has 0 saturated carbocycles. The number of H-pyrrole nitrogens is 1. The number of thiol groups is 1. The van der Waals surface area contributed by atoms with Crippen LogP contribution < -0.4 is 4.74 Å². The second kappa shape index (κ2) is 14.1. The first-order valence-electron chi connectivity index (χ1n) is 16.6. The quantitative estimate of drug-likeness (QED) is 0.163. The summed E-state index contributed by atoms with van der Waals surface area (Å²) in [5, 5.41) is 11.0. The highest BCUT2D eigenvalue weighted by Gasteiger charge is 2.36. The number of benzene rings is 2. The number of phenolic OH excluding ortho intramolecular Hbond substituents is 1. The first-order chi connectivity index (χ1) is 19.9. The molecule has 4 nitrogen and oxygen atoms in total. The molecule has 2 aromatic carbocycles. The van der Waals surface area contributed by atoms with Crippen molar-refractivity contribution >= 4 is 23.7 Å². The molecule has 4 atom stereocenters. The van der Waals surface area contributed by atoms with Crippen LogP contribution in [-0.4, -0.2) is 20.7 Å². The molecule has 2 N–H and O–H groups in total. The summed E-state index contributed by atoms with van der Waals surface area (Å²) in [6.07, 6.45) is 13.5. The number of aromatic amines is 1. The van der Waals surface area contributed by atoms with E-state index in [1.54, 1.807) is 0 Å². The Morgan fingerprint density at radius 3 is 2.26 bits per heavy atom. The number of rotatable bonds is 14. The number of aromatic nitrogens is 2. The Morgan fingerprint density at radius 1 is 0.952 bits per heavy atom. The first kappa shape index (κ1) is 32.8. The van der Waals surface area contributed by atoms with E-state index in [1.807, 2.05) is 6.92 Å². The molecule has 4 rings (SSSR count). The minimum Gasteiger partial charge on any atom is -0.507 e. The molecule has 0 spiro atoms. The highest BCUT2D eigenvalue weighted by molar-refractivity contribution is 7.80. The second-order valence-electron chi connectivity index (χ2n) is 14.3. The van der Waals surface area contributed by atoms with E-state index in [0.717, 1.165) is 81.9 Å². The van der Waals surface area contributed by atoms with Gasteiger partial charge in [-0.05, 0) is 100.0 Å². The van der Waals surface area contributed by atoms with Crippen LogP contribution in [-0.2, 0) is 6.42 Å². The van der Waals surface area contributed by atoms with E-state index >= 15 is 0 Å². The molecule has 0 aliphatic carbocycles. The molecule has 1 aliphatic heterocycles. The maximum absolute atomic E-state index is 11.3. The van der Waals surface area contributed by atoms with Gasteiger partial charge in [-0.2, -0.15) is 12.6 Å². The van der Waals surface area contributed by atoms with Crippen LogP contribution in [0, 0.1) is 38.5 Å². The van der Waals surface area contributed by atoms with Gasteiger partial charge in [0.15, 0.2) is 0 Å². The summed E-state index contributed by atoms with van der Waals surface area (Å²) in [6, 6.07) is 6.22. The van der Waals surface area contributed by atoms with Gasteiger partial charge in [0.25, 0.3) is 0 Å². The Balaban J connectivity index is 1.37. The third kappa shape index (κ3) is 7.87. The van der Waals surface area contributed by atoms with Crippen molar-refractivity contribution in [3.05, 3.63) is 51.8 Å². The lowest BCUT2D eigenvalue weighted by Crippen LogP contribution is -2.37. The predicted molar refractivity (Wildman–Crippen MR) is 181 cm³/mol. The standard InChI is InChI=1S/C37H56N2O2S/c1-23(2)12-9-13-24(3)14-10-15-25(4)16-11-20-37(8)21-19-29-32(33(40)27(6)28(7)34(29)41-37)35(42)36-38-30-18-17-26(5)22-31(30)39-36/h17-18,22-25,35,40,42H,9-16,19-21H2,1-8H3,(H,38,39). The zero-order chi connectivity index (χ0) is 30.6. The van der Waals surface area contributed by atoms with E-state index < -0.39 is 0 Å². The number of hydrogen-bond donors (Lipinski definition) is 3. The molecule has 5 heteroatoms. The van der Waals surface area contributed by atoms with Gasteiger partial charge in [-0.3, -0.25) is 0 Å². The van der Waals surface area contributed by atoms with E-state index in [2.05, 4.69) is 71.6 Å². The van der Waals surface area contributed by atoms with Crippen LogP contribution in [0.5, 0.6) is 11.5 Å². The summed E-state index contributed by atoms with van der Waals surface area (Å²) in [5.41, 5.74) is 6.72. The SMILES string of the molecule is Cc1ccc2[nH]c(C(S)c3c(O)c(C)c(C)c4c3CCC(C)(CCCC(C)CCCC(C)CCCC(C)C)O4)nc2c1. The Labute approximate surface area is 260 Å². The maximum Gasteiger partial charge on any atom is 0.127 e. The summed E-state index contributed by atoms with van der Waals surface area (Å²) >= 11 is 5.01. The maximum atomic E-state index is 11.3. The third-order valence-electron chi connectivity index (χ3n) is 9.83. The summed E-state index contributed by atoms with van der Waals surface area (Å²) in [6.45, 7) is 17.9. The lowest BCUT2D eigenvalue weighted by atomic mass is 9.83. The fourth-order valence-electron chi connectivity index (χ4n) is 6.79. The molecule has 0 amide bonds. The fourth-order valence-corrected chi connectivity index (χ4v) is 7.19. The molecule has 0 bridgehead atoms. The molecule has 1 aliphatic rings. The summed E-state index contributed by atoms with van der Waals surface area (Å²) in [7, 11) is 0. The van der Waals surface area contributed by atoms with Crippen molar-refractivity contribution in [2.24, 2.45) is 17.8 Å². The predicted octanol–water partition coefficient (Wildman–Crippen LogP) is 10.7. The van der Waals surface area contributed by atoms with Crippen molar-refractivity contribution in [2.45, 2.75) is 137 Å². The minimum absolute atomic E-state index is 0.188. The van der Waals surface area contributed by atoms with Gasteiger partial charge in [0.2, 0.25) is 0 Å². The summed E-state index contributed by atoms with van der Waals surface area (Å²) in [4.78, 5) is 8.28.